The van der Waals surface area contributed by atoms with Gasteiger partial charge in [0.2, 0.25) is 17.4 Å². The first kappa shape index (κ1) is 23.7. The SMILES string of the molecule is CCC(OC)(OC)c1nc(Cc2ccc(-c3ccccc3-c3nn[nH]n3)cc2)n(C(C)(C)C)n1. The van der Waals surface area contributed by atoms with Gasteiger partial charge in [-0.15, -0.1) is 15.3 Å². The molecule has 178 valence electrons. The first-order chi connectivity index (χ1) is 16.3. The summed E-state index contributed by atoms with van der Waals surface area (Å²) in [5.41, 5.74) is 3.93. The van der Waals surface area contributed by atoms with E-state index < -0.39 is 5.79 Å². The Labute approximate surface area is 199 Å². The van der Waals surface area contributed by atoms with E-state index in [1.54, 1.807) is 14.2 Å². The number of hydrogen-bond acceptors (Lipinski definition) is 7. The van der Waals surface area contributed by atoms with Crippen LogP contribution in [0, 0.1) is 0 Å². The summed E-state index contributed by atoms with van der Waals surface area (Å²) in [7, 11) is 3.24. The molecule has 0 aliphatic carbocycles. The van der Waals surface area contributed by atoms with Crippen molar-refractivity contribution in [2.24, 2.45) is 0 Å². The maximum Gasteiger partial charge on any atom is 0.231 e. The van der Waals surface area contributed by atoms with Gasteiger partial charge in [-0.1, -0.05) is 55.5 Å². The second-order valence-corrected chi connectivity index (χ2v) is 9.10. The molecule has 2 aromatic heterocycles. The second-order valence-electron chi connectivity index (χ2n) is 9.10. The van der Waals surface area contributed by atoms with Crippen LogP contribution in [0.5, 0.6) is 0 Å². The Hall–Kier alpha value is -3.43. The van der Waals surface area contributed by atoms with Crippen LogP contribution in [0.1, 0.15) is 51.3 Å². The molecule has 0 bridgehead atoms. The lowest BCUT2D eigenvalue weighted by Crippen LogP contribution is -2.32. The number of H-pyrrole nitrogens is 1. The van der Waals surface area contributed by atoms with Crippen LogP contribution in [0.4, 0.5) is 0 Å². The normalized spacial score (nSPS) is 12.3. The molecule has 0 radical (unpaired) electrons. The highest BCUT2D eigenvalue weighted by Gasteiger charge is 2.37. The van der Waals surface area contributed by atoms with E-state index in [1.807, 2.05) is 29.8 Å². The maximum absolute atomic E-state index is 5.68. The highest BCUT2D eigenvalue weighted by molar-refractivity contribution is 5.80. The van der Waals surface area contributed by atoms with Crippen molar-refractivity contribution >= 4 is 0 Å². The number of rotatable bonds is 8. The Morgan fingerprint density at radius 2 is 1.62 bits per heavy atom. The lowest BCUT2D eigenvalue weighted by atomic mass is 9.97. The van der Waals surface area contributed by atoms with Gasteiger partial charge in [0.15, 0.2) is 0 Å². The van der Waals surface area contributed by atoms with Gasteiger partial charge in [-0.2, -0.15) is 5.21 Å². The standard InChI is InChI=1S/C25H31N7O2/c1-7-25(33-5,34-6)23-26-21(32(29-23)24(2,3)4)16-17-12-14-18(15-13-17)19-10-8-9-11-20(19)22-27-30-31-28-22/h8-15H,7,16H2,1-6H3,(H,27,28,30,31). The fourth-order valence-corrected chi connectivity index (χ4v) is 4.06. The maximum atomic E-state index is 5.68. The molecule has 0 saturated carbocycles. The van der Waals surface area contributed by atoms with Crippen LogP contribution >= 0.6 is 0 Å². The number of nitrogens with zero attached hydrogens (tertiary/aromatic N) is 6. The van der Waals surface area contributed by atoms with Gasteiger partial charge in [0, 0.05) is 32.6 Å². The number of ether oxygens (including phenoxy) is 2. The van der Waals surface area contributed by atoms with E-state index in [9.17, 15) is 0 Å². The Bertz CT molecular complexity index is 1210. The third-order valence-corrected chi connectivity index (χ3v) is 5.92. The molecule has 9 heteroatoms. The number of aromatic amines is 1. The van der Waals surface area contributed by atoms with E-state index in [1.165, 1.54) is 0 Å². The third kappa shape index (κ3) is 4.49. The van der Waals surface area contributed by atoms with E-state index in [4.69, 9.17) is 19.6 Å². The molecule has 2 heterocycles. The van der Waals surface area contributed by atoms with Crippen LogP contribution < -0.4 is 0 Å². The van der Waals surface area contributed by atoms with Gasteiger partial charge in [-0.3, -0.25) is 0 Å². The predicted molar refractivity (Wildman–Crippen MR) is 129 cm³/mol. The quantitative estimate of drug-likeness (QED) is 0.390. The van der Waals surface area contributed by atoms with Crippen molar-refractivity contribution in [1.29, 1.82) is 0 Å². The fourth-order valence-electron chi connectivity index (χ4n) is 4.06. The summed E-state index contributed by atoms with van der Waals surface area (Å²) < 4.78 is 13.3. The molecule has 1 N–H and O–H groups in total. The molecule has 0 fully saturated rings. The number of nitrogens with one attached hydrogen (secondary N) is 1. The Kier molecular flexibility index (Phi) is 6.58. The topological polar surface area (TPSA) is 104 Å². The molecule has 2 aromatic carbocycles. The van der Waals surface area contributed by atoms with Crippen molar-refractivity contribution < 1.29 is 9.47 Å². The van der Waals surface area contributed by atoms with Crippen molar-refractivity contribution in [3.05, 3.63) is 65.7 Å². The largest absolute Gasteiger partial charge is 0.347 e. The zero-order chi connectivity index (χ0) is 24.3. The molecule has 0 unspecified atom stereocenters. The van der Waals surface area contributed by atoms with E-state index in [2.05, 4.69) is 71.7 Å². The van der Waals surface area contributed by atoms with Gasteiger partial charge in [0.1, 0.15) is 5.82 Å². The molecule has 34 heavy (non-hydrogen) atoms. The van der Waals surface area contributed by atoms with Crippen molar-refractivity contribution in [3.8, 4) is 22.5 Å². The average Bonchev–Trinajstić information content (AvgIpc) is 3.52. The average molecular weight is 462 g/mol. The fraction of sp³-hybridized carbons (Fsp3) is 0.400. The number of tetrazole rings is 1. The van der Waals surface area contributed by atoms with E-state index in [0.717, 1.165) is 28.1 Å². The molecule has 0 atom stereocenters. The first-order valence-electron chi connectivity index (χ1n) is 11.3. The van der Waals surface area contributed by atoms with Gasteiger partial charge in [-0.25, -0.2) is 9.67 Å². The zero-order valence-corrected chi connectivity index (χ0v) is 20.5. The molecule has 0 amide bonds. The first-order valence-corrected chi connectivity index (χ1v) is 11.3. The summed E-state index contributed by atoms with van der Waals surface area (Å²) in [5, 5.41) is 19.3. The highest BCUT2D eigenvalue weighted by Crippen LogP contribution is 2.31. The van der Waals surface area contributed by atoms with Crippen LogP contribution in [0.25, 0.3) is 22.5 Å². The number of methoxy groups -OCH3 is 2. The summed E-state index contributed by atoms with van der Waals surface area (Å²) >= 11 is 0. The van der Waals surface area contributed by atoms with Crippen LogP contribution in [0.2, 0.25) is 0 Å². The monoisotopic (exact) mass is 461 g/mol. The summed E-state index contributed by atoms with van der Waals surface area (Å²) in [6.45, 7) is 8.33. The summed E-state index contributed by atoms with van der Waals surface area (Å²) in [5.74, 6) is 1.000. The van der Waals surface area contributed by atoms with Gasteiger partial charge in [0.05, 0.1) is 5.54 Å². The van der Waals surface area contributed by atoms with Crippen molar-refractivity contribution in [1.82, 2.24) is 35.4 Å². The van der Waals surface area contributed by atoms with Gasteiger partial charge in [0.25, 0.3) is 0 Å². The summed E-state index contributed by atoms with van der Waals surface area (Å²) in [6, 6.07) is 16.5. The number of aromatic nitrogens is 7. The minimum absolute atomic E-state index is 0.245. The number of hydrogen-bond donors (Lipinski definition) is 1. The van der Waals surface area contributed by atoms with E-state index in [0.29, 0.717) is 24.5 Å². The molecule has 9 nitrogen and oxygen atoms in total. The predicted octanol–water partition coefficient (Wildman–Crippen LogP) is 4.33. The molecular weight excluding hydrogens is 430 g/mol. The minimum atomic E-state index is -0.964. The van der Waals surface area contributed by atoms with Crippen molar-refractivity contribution in [3.63, 3.8) is 0 Å². The smallest absolute Gasteiger partial charge is 0.231 e. The Morgan fingerprint density at radius 3 is 2.18 bits per heavy atom. The highest BCUT2D eigenvalue weighted by atomic mass is 16.7. The molecule has 4 aromatic rings. The van der Waals surface area contributed by atoms with Crippen LogP contribution in [0.3, 0.4) is 0 Å². The van der Waals surface area contributed by atoms with Gasteiger partial charge >= 0.3 is 0 Å². The number of benzene rings is 2. The lowest BCUT2D eigenvalue weighted by molar-refractivity contribution is -0.222. The second kappa shape index (κ2) is 9.44. The third-order valence-electron chi connectivity index (χ3n) is 5.92. The molecule has 4 rings (SSSR count). The molecule has 0 aliphatic rings. The molecule has 0 spiro atoms. The van der Waals surface area contributed by atoms with E-state index >= 15 is 0 Å². The van der Waals surface area contributed by atoms with Crippen LogP contribution in [-0.4, -0.2) is 49.6 Å². The van der Waals surface area contributed by atoms with Gasteiger partial charge in [-0.05, 0) is 42.7 Å². The zero-order valence-electron chi connectivity index (χ0n) is 20.5. The van der Waals surface area contributed by atoms with Gasteiger partial charge < -0.3 is 9.47 Å². The van der Waals surface area contributed by atoms with Crippen LogP contribution in [0.15, 0.2) is 48.5 Å². The minimum Gasteiger partial charge on any atom is -0.347 e. The summed E-state index contributed by atoms with van der Waals surface area (Å²) in [4.78, 5) is 4.86. The van der Waals surface area contributed by atoms with Crippen molar-refractivity contribution in [2.45, 2.75) is 51.9 Å². The van der Waals surface area contributed by atoms with Crippen molar-refractivity contribution in [2.75, 3.05) is 14.2 Å². The molecule has 0 aliphatic heterocycles. The van der Waals surface area contributed by atoms with E-state index in [-0.39, 0.29) is 5.54 Å². The molecule has 0 saturated heterocycles. The van der Waals surface area contributed by atoms with Crippen LogP contribution in [-0.2, 0) is 27.2 Å². The summed E-state index contributed by atoms with van der Waals surface area (Å²) in [6.07, 6.45) is 1.23. The Balaban J connectivity index is 1.66. The molecular formula is C25H31N7O2. The lowest BCUT2D eigenvalue weighted by Gasteiger charge is -2.26. The Morgan fingerprint density at radius 1 is 0.941 bits per heavy atom.